The number of phenolic OH excluding ortho intramolecular Hbond substituents is 1. The van der Waals surface area contributed by atoms with Crippen LogP contribution in [0.25, 0.3) is 11.1 Å². The Kier molecular flexibility index (Phi) is 11.2. The summed E-state index contributed by atoms with van der Waals surface area (Å²) in [6.07, 6.45) is 3.83. The number of aromatic hydroxyl groups is 1. The summed E-state index contributed by atoms with van der Waals surface area (Å²) in [6.45, 7) is 27.9. The molecule has 0 amide bonds. The summed E-state index contributed by atoms with van der Waals surface area (Å²) < 4.78 is 25.7. The van der Waals surface area contributed by atoms with Gasteiger partial charge in [0, 0.05) is 41.0 Å². The highest BCUT2D eigenvalue weighted by atomic mass is 28.4. The van der Waals surface area contributed by atoms with Crippen molar-refractivity contribution in [3.05, 3.63) is 77.4 Å². The highest BCUT2D eigenvalue weighted by Crippen LogP contribution is 2.50. The van der Waals surface area contributed by atoms with Crippen LogP contribution in [0.1, 0.15) is 84.4 Å². The van der Waals surface area contributed by atoms with E-state index in [-0.39, 0.29) is 22.4 Å². The van der Waals surface area contributed by atoms with Crippen LogP contribution in [0.15, 0.2) is 60.7 Å². The number of phenols is 1. The first kappa shape index (κ1) is 39.0. The van der Waals surface area contributed by atoms with Crippen LogP contribution >= 0.6 is 0 Å². The Balaban J connectivity index is 1.52. The maximum absolute atomic E-state index is 12.6. The normalized spacial score (nSPS) is 17.3. The van der Waals surface area contributed by atoms with Gasteiger partial charge in [0.2, 0.25) is 16.6 Å². The molecule has 0 spiro atoms. The first-order valence-corrected chi connectivity index (χ1v) is 24.4. The third kappa shape index (κ3) is 8.70. The SMILES string of the molecule is CC(O)(C1=C(c2ccc(O[Si](C)(C)C(C)(C)C)cc2O)COc2cc(O[Si](C)(C)C(C)(C)C)ccc21)c1ccc(OCCN2CCCCC2)cc1. The largest absolute Gasteiger partial charge is 0.543 e. The molecule has 0 saturated carbocycles. The maximum atomic E-state index is 12.6. The van der Waals surface area contributed by atoms with Crippen LogP contribution in [0.5, 0.6) is 28.7 Å². The molecule has 1 fully saturated rings. The molecule has 2 N–H and O–H groups in total. The molecule has 1 saturated heterocycles. The molecule has 0 radical (unpaired) electrons. The van der Waals surface area contributed by atoms with Crippen LogP contribution in [0.4, 0.5) is 0 Å². The highest BCUT2D eigenvalue weighted by Gasteiger charge is 2.41. The van der Waals surface area contributed by atoms with E-state index in [0.29, 0.717) is 40.4 Å². The standard InChI is InChI=1S/C42H61NO6Si2/c1-40(2,3)50(8,9)48-32-19-21-34(37(44)27-32)36-29-47-38-28-33(49-51(10,11)41(4,5)6)20-22-35(38)39(36)42(7,45)30-15-17-31(18-16-30)46-26-25-43-23-13-12-14-24-43/h15-22,27-28,44-45H,12-14,23-26,29H2,1-11H3. The second-order valence-electron chi connectivity index (χ2n) is 17.6. The van der Waals surface area contributed by atoms with E-state index in [2.05, 4.69) is 72.6 Å². The van der Waals surface area contributed by atoms with Crippen LogP contribution in [-0.2, 0) is 5.60 Å². The fourth-order valence-corrected chi connectivity index (χ4v) is 8.31. The lowest BCUT2D eigenvalue weighted by atomic mass is 9.78. The summed E-state index contributed by atoms with van der Waals surface area (Å²) in [5, 5.41) is 24.2. The lowest BCUT2D eigenvalue weighted by Crippen LogP contribution is -2.43. The van der Waals surface area contributed by atoms with Gasteiger partial charge in [-0.3, -0.25) is 4.90 Å². The van der Waals surface area contributed by atoms with Crippen LogP contribution in [0, 0.1) is 0 Å². The monoisotopic (exact) mass is 731 g/mol. The number of rotatable bonds is 11. The zero-order valence-corrected chi connectivity index (χ0v) is 34.9. The van der Waals surface area contributed by atoms with Crippen molar-refractivity contribution < 1.29 is 28.5 Å². The molecule has 7 nitrogen and oxygen atoms in total. The quantitative estimate of drug-likeness (QED) is 0.190. The van der Waals surface area contributed by atoms with Gasteiger partial charge in [-0.15, -0.1) is 0 Å². The molecule has 1 unspecified atom stereocenters. The first-order chi connectivity index (χ1) is 23.7. The molecule has 1 atom stereocenters. The second-order valence-corrected chi connectivity index (χ2v) is 27.0. The molecule has 5 rings (SSSR count). The summed E-state index contributed by atoms with van der Waals surface area (Å²) in [4.78, 5) is 2.46. The lowest BCUT2D eigenvalue weighted by Gasteiger charge is -2.38. The number of benzene rings is 3. The first-order valence-electron chi connectivity index (χ1n) is 18.6. The van der Waals surface area contributed by atoms with E-state index in [1.807, 2.05) is 61.5 Å². The Hall–Kier alpha value is -3.25. The van der Waals surface area contributed by atoms with Crippen LogP contribution in [0.2, 0.25) is 36.3 Å². The van der Waals surface area contributed by atoms with Crippen molar-refractivity contribution >= 4 is 27.8 Å². The molecule has 0 aliphatic carbocycles. The van der Waals surface area contributed by atoms with Crippen LogP contribution in [-0.4, -0.2) is 64.6 Å². The highest BCUT2D eigenvalue weighted by molar-refractivity contribution is 6.75. The van der Waals surface area contributed by atoms with Crippen LogP contribution < -0.4 is 18.3 Å². The molecular weight excluding hydrogens is 671 g/mol. The van der Waals surface area contributed by atoms with Crippen molar-refractivity contribution in [1.29, 1.82) is 0 Å². The Morgan fingerprint density at radius 1 is 0.706 bits per heavy atom. The van der Waals surface area contributed by atoms with Crippen molar-refractivity contribution in [2.45, 2.75) is 110 Å². The van der Waals surface area contributed by atoms with E-state index in [0.717, 1.165) is 36.7 Å². The molecule has 9 heteroatoms. The number of nitrogens with zero attached hydrogens (tertiary/aromatic N) is 1. The number of likely N-dealkylation sites (tertiary alicyclic amines) is 1. The molecular formula is C42H61NO6Si2. The number of hydrogen-bond acceptors (Lipinski definition) is 7. The predicted molar refractivity (Wildman–Crippen MR) is 214 cm³/mol. The molecule has 2 aliphatic heterocycles. The van der Waals surface area contributed by atoms with Gasteiger partial charge in [-0.2, -0.15) is 0 Å². The third-order valence-corrected chi connectivity index (χ3v) is 20.3. The summed E-state index contributed by atoms with van der Waals surface area (Å²) in [5.74, 6) is 2.88. The Morgan fingerprint density at radius 2 is 1.24 bits per heavy atom. The zero-order chi connectivity index (χ0) is 37.4. The van der Waals surface area contributed by atoms with Gasteiger partial charge in [-0.1, -0.05) is 60.1 Å². The second kappa shape index (κ2) is 14.6. The van der Waals surface area contributed by atoms with Crippen molar-refractivity contribution in [2.24, 2.45) is 0 Å². The fraction of sp³-hybridized carbons (Fsp3) is 0.524. The number of hydrogen-bond donors (Lipinski definition) is 2. The molecule has 51 heavy (non-hydrogen) atoms. The molecule has 278 valence electrons. The van der Waals surface area contributed by atoms with Gasteiger partial charge < -0.3 is 28.5 Å². The van der Waals surface area contributed by atoms with Gasteiger partial charge in [0.25, 0.3) is 0 Å². The number of ether oxygens (including phenoxy) is 2. The third-order valence-electron chi connectivity index (χ3n) is 11.6. The molecule has 0 aromatic heterocycles. The minimum absolute atomic E-state index is 0.0116. The van der Waals surface area contributed by atoms with Crippen molar-refractivity contribution in [2.75, 3.05) is 32.8 Å². The number of piperidine rings is 1. The smallest absolute Gasteiger partial charge is 0.250 e. The lowest BCUT2D eigenvalue weighted by molar-refractivity contribution is 0.121. The van der Waals surface area contributed by atoms with Gasteiger partial charge in [-0.25, -0.2) is 0 Å². The molecule has 2 heterocycles. The van der Waals surface area contributed by atoms with E-state index in [4.69, 9.17) is 18.3 Å². The number of fused-ring (bicyclic) bond motifs is 1. The number of aliphatic hydroxyl groups is 1. The molecule has 3 aromatic carbocycles. The van der Waals surface area contributed by atoms with Crippen molar-refractivity contribution in [1.82, 2.24) is 4.90 Å². The van der Waals surface area contributed by atoms with E-state index < -0.39 is 22.2 Å². The van der Waals surface area contributed by atoms with Gasteiger partial charge >= 0.3 is 0 Å². The summed E-state index contributed by atoms with van der Waals surface area (Å²) in [7, 11) is -4.23. The van der Waals surface area contributed by atoms with E-state index >= 15 is 0 Å². The van der Waals surface area contributed by atoms with Gasteiger partial charge in [-0.05, 0) is 111 Å². The van der Waals surface area contributed by atoms with Gasteiger partial charge in [0.15, 0.2) is 0 Å². The zero-order valence-electron chi connectivity index (χ0n) is 32.9. The Morgan fingerprint density at radius 3 is 1.78 bits per heavy atom. The Labute approximate surface area is 308 Å². The van der Waals surface area contributed by atoms with E-state index in [1.54, 1.807) is 6.07 Å². The van der Waals surface area contributed by atoms with Gasteiger partial charge in [0.1, 0.15) is 47.6 Å². The van der Waals surface area contributed by atoms with E-state index in [1.165, 1.54) is 19.3 Å². The van der Waals surface area contributed by atoms with E-state index in [9.17, 15) is 10.2 Å². The molecule has 3 aromatic rings. The Bertz CT molecular complexity index is 1710. The summed E-state index contributed by atoms with van der Waals surface area (Å²) in [5.41, 5.74) is 2.01. The maximum Gasteiger partial charge on any atom is 0.250 e. The van der Waals surface area contributed by atoms with Crippen molar-refractivity contribution in [3.63, 3.8) is 0 Å². The van der Waals surface area contributed by atoms with Gasteiger partial charge in [0.05, 0.1) is 0 Å². The predicted octanol–water partition coefficient (Wildman–Crippen LogP) is 10.2. The average molecular weight is 732 g/mol. The summed E-state index contributed by atoms with van der Waals surface area (Å²) >= 11 is 0. The molecule has 0 bridgehead atoms. The fourth-order valence-electron chi connectivity index (χ4n) is 6.27. The summed E-state index contributed by atoms with van der Waals surface area (Å²) in [6, 6.07) is 19.1. The molecule has 2 aliphatic rings. The topological polar surface area (TPSA) is 80.6 Å². The van der Waals surface area contributed by atoms with Crippen molar-refractivity contribution in [3.8, 4) is 28.7 Å². The average Bonchev–Trinajstić information content (AvgIpc) is 3.03. The minimum atomic E-state index is -2.13. The van der Waals surface area contributed by atoms with Crippen LogP contribution in [0.3, 0.4) is 0 Å². The minimum Gasteiger partial charge on any atom is -0.543 e.